The molecule has 0 aliphatic rings. The number of esters is 2. The summed E-state index contributed by atoms with van der Waals surface area (Å²) in [6, 6.07) is 2.53. The van der Waals surface area contributed by atoms with Gasteiger partial charge >= 0.3 is 25.7 Å². The number of phosphoric acid groups is 1. The minimum absolute atomic E-state index is 0.0618. The summed E-state index contributed by atoms with van der Waals surface area (Å²) in [6.07, 6.45) is -0.435. The molecule has 0 unspecified atom stereocenters. The van der Waals surface area contributed by atoms with E-state index in [1.165, 1.54) is 12.1 Å². The van der Waals surface area contributed by atoms with Gasteiger partial charge in [-0.25, -0.2) is 14.2 Å². The molecule has 40 heavy (non-hydrogen) atoms. The molecule has 0 saturated carbocycles. The Balaban J connectivity index is 4.16. The molecule has 11 heteroatoms. The Hall–Kier alpha value is -2.42. The highest BCUT2D eigenvalue weighted by molar-refractivity contribution is 7.49. The zero-order valence-corrected chi connectivity index (χ0v) is 27.3. The van der Waals surface area contributed by atoms with Gasteiger partial charge in [-0.1, -0.05) is 13.8 Å². The van der Waals surface area contributed by atoms with Crippen LogP contribution >= 0.6 is 7.82 Å². The van der Waals surface area contributed by atoms with E-state index in [2.05, 4.69) is 0 Å². The van der Waals surface area contributed by atoms with Crippen LogP contribution in [0.2, 0.25) is 0 Å². The molecule has 10 nitrogen and oxygen atoms in total. The van der Waals surface area contributed by atoms with Crippen LogP contribution in [0.25, 0.3) is 0 Å². The van der Waals surface area contributed by atoms with Crippen LogP contribution in [0.4, 0.5) is 0 Å². The topological polar surface area (TPSA) is 135 Å². The van der Waals surface area contributed by atoms with Crippen LogP contribution in [-0.4, -0.2) is 45.4 Å². The van der Waals surface area contributed by atoms with Crippen LogP contribution in [0.5, 0.6) is 5.75 Å². The molecule has 0 aromatic heterocycles. The van der Waals surface area contributed by atoms with E-state index in [0.717, 1.165) is 0 Å². The smallest absolute Gasteiger partial charge is 0.481 e. The van der Waals surface area contributed by atoms with Gasteiger partial charge in [-0.05, 0) is 95.2 Å². The third kappa shape index (κ3) is 12.0. The lowest BCUT2D eigenvalue weighted by Crippen LogP contribution is -2.31. The van der Waals surface area contributed by atoms with E-state index in [1.54, 1.807) is 96.9 Å². The van der Waals surface area contributed by atoms with Crippen molar-refractivity contribution in [3.63, 3.8) is 0 Å². The van der Waals surface area contributed by atoms with Gasteiger partial charge in [0.25, 0.3) is 0 Å². The second kappa shape index (κ2) is 11.8. The van der Waals surface area contributed by atoms with Crippen LogP contribution < -0.4 is 4.52 Å². The first-order valence-corrected chi connectivity index (χ1v) is 14.6. The van der Waals surface area contributed by atoms with Crippen molar-refractivity contribution in [1.82, 2.24) is 0 Å². The average molecular weight is 587 g/mol. The van der Waals surface area contributed by atoms with E-state index >= 15 is 0 Å². The number of hydrogen-bond acceptors (Lipinski definition) is 9. The monoisotopic (exact) mass is 586 g/mol. The molecule has 0 radical (unpaired) electrons. The second-order valence-electron chi connectivity index (χ2n) is 14.3. The maximum Gasteiger partial charge on any atom is 0.531 e. The van der Waals surface area contributed by atoms with E-state index < -0.39 is 60.0 Å². The SMILES string of the molecule is CC(C)(C)OC(=O)c1cc(OP(=O)(OC(C)(C)C)OC(C)(C)C)c(C(C)(C)CC(=O)O)c(C(=O)OC(C)(C)C)c1. The van der Waals surface area contributed by atoms with Crippen molar-refractivity contribution in [2.45, 2.75) is 131 Å². The molecule has 0 aliphatic carbocycles. The van der Waals surface area contributed by atoms with Crippen molar-refractivity contribution in [1.29, 1.82) is 0 Å². The fraction of sp³-hybridized carbons (Fsp3) is 0.690. The minimum atomic E-state index is -4.45. The second-order valence-corrected chi connectivity index (χ2v) is 15.7. The Kier molecular flexibility index (Phi) is 10.5. The molecule has 0 spiro atoms. The molecule has 0 heterocycles. The summed E-state index contributed by atoms with van der Waals surface area (Å²) in [5, 5.41) is 9.69. The van der Waals surface area contributed by atoms with Crippen LogP contribution in [0.15, 0.2) is 12.1 Å². The van der Waals surface area contributed by atoms with Gasteiger partial charge in [-0.2, -0.15) is 0 Å². The molecule has 0 fully saturated rings. The predicted molar refractivity (Wildman–Crippen MR) is 152 cm³/mol. The number of carboxylic acid groups (broad SMARTS) is 1. The molecular weight excluding hydrogens is 539 g/mol. The molecule has 0 saturated heterocycles. The molecule has 0 aliphatic heterocycles. The van der Waals surface area contributed by atoms with E-state index in [4.69, 9.17) is 23.0 Å². The Morgan fingerprint density at radius 2 is 1.12 bits per heavy atom. The Morgan fingerprint density at radius 1 is 0.700 bits per heavy atom. The summed E-state index contributed by atoms with van der Waals surface area (Å²) in [4.78, 5) is 38.6. The van der Waals surface area contributed by atoms with Gasteiger partial charge < -0.3 is 19.1 Å². The van der Waals surface area contributed by atoms with Gasteiger partial charge in [0.1, 0.15) is 17.0 Å². The number of carbonyl (C=O) groups is 3. The van der Waals surface area contributed by atoms with Crippen LogP contribution in [0.3, 0.4) is 0 Å². The first kappa shape index (κ1) is 35.6. The molecular formula is C29H47O10P. The van der Waals surface area contributed by atoms with Crippen LogP contribution in [0, 0.1) is 0 Å². The predicted octanol–water partition coefficient (Wildman–Crippen LogP) is 7.47. The van der Waals surface area contributed by atoms with Crippen molar-refractivity contribution in [2.24, 2.45) is 0 Å². The van der Waals surface area contributed by atoms with Crippen molar-refractivity contribution in [3.8, 4) is 5.75 Å². The van der Waals surface area contributed by atoms with Crippen molar-refractivity contribution in [3.05, 3.63) is 28.8 Å². The fourth-order valence-corrected chi connectivity index (χ4v) is 5.49. The third-order valence-electron chi connectivity index (χ3n) is 4.61. The molecule has 228 valence electrons. The molecule has 1 rings (SSSR count). The molecule has 1 aromatic carbocycles. The number of benzene rings is 1. The summed E-state index contributed by atoms with van der Waals surface area (Å²) >= 11 is 0. The van der Waals surface area contributed by atoms with Gasteiger partial charge in [0.2, 0.25) is 0 Å². The number of ether oxygens (including phenoxy) is 2. The number of carboxylic acids is 1. The lowest BCUT2D eigenvalue weighted by atomic mass is 9.78. The van der Waals surface area contributed by atoms with Gasteiger partial charge in [-0.3, -0.25) is 13.8 Å². The summed E-state index contributed by atoms with van der Waals surface area (Å²) in [7, 11) is -4.45. The van der Waals surface area contributed by atoms with Crippen molar-refractivity contribution >= 4 is 25.7 Å². The van der Waals surface area contributed by atoms with Gasteiger partial charge in [-0.15, -0.1) is 0 Å². The van der Waals surface area contributed by atoms with Crippen LogP contribution in [-0.2, 0) is 33.3 Å². The van der Waals surface area contributed by atoms with Crippen LogP contribution in [0.1, 0.15) is 130 Å². The summed E-state index contributed by atoms with van der Waals surface area (Å²) in [5.41, 5.74) is -5.22. The third-order valence-corrected chi connectivity index (χ3v) is 6.57. The summed E-state index contributed by atoms with van der Waals surface area (Å²) in [6.45, 7) is 23.2. The standard InChI is InChI=1S/C29H47O10P/c1-25(2,3)35-23(32)18-15-19(24(33)36-26(4,5)6)22(29(13,14)17-21(30)31)20(16-18)37-40(34,38-27(7,8)9)39-28(10,11)12/h15-16H,17H2,1-14H3,(H,30,31). The van der Waals surface area contributed by atoms with E-state index in [9.17, 15) is 24.1 Å². The molecule has 1 aromatic rings. The number of rotatable bonds is 9. The molecule has 0 amide bonds. The number of aliphatic carboxylic acids is 1. The largest absolute Gasteiger partial charge is 0.531 e. The maximum absolute atomic E-state index is 14.1. The average Bonchev–Trinajstić information content (AvgIpc) is 2.59. The highest BCUT2D eigenvalue weighted by Crippen LogP contribution is 2.57. The number of hydrogen-bond donors (Lipinski definition) is 1. The van der Waals surface area contributed by atoms with Gasteiger partial charge in [0.05, 0.1) is 28.7 Å². The van der Waals surface area contributed by atoms with E-state index in [0.29, 0.717) is 0 Å². The highest BCUT2D eigenvalue weighted by Gasteiger charge is 2.42. The summed E-state index contributed by atoms with van der Waals surface area (Å²) < 4.78 is 42.8. The lowest BCUT2D eigenvalue weighted by molar-refractivity contribution is -0.138. The minimum Gasteiger partial charge on any atom is -0.481 e. The Bertz CT molecular complexity index is 1140. The maximum atomic E-state index is 14.1. The molecule has 0 bridgehead atoms. The molecule has 1 N–H and O–H groups in total. The zero-order chi connectivity index (χ0) is 31.7. The first-order valence-electron chi connectivity index (χ1n) is 13.1. The quantitative estimate of drug-likeness (QED) is 0.229. The normalized spacial score (nSPS) is 13.6. The number of carbonyl (C=O) groups excluding carboxylic acids is 2. The molecule has 0 atom stereocenters. The first-order chi connectivity index (χ1) is 17.5. The Morgan fingerprint density at radius 3 is 1.50 bits per heavy atom. The van der Waals surface area contributed by atoms with Gasteiger partial charge in [0, 0.05) is 11.0 Å². The summed E-state index contributed by atoms with van der Waals surface area (Å²) in [5.74, 6) is -3.00. The lowest BCUT2D eigenvalue weighted by Gasteiger charge is -2.34. The van der Waals surface area contributed by atoms with E-state index in [1.807, 2.05) is 0 Å². The highest BCUT2D eigenvalue weighted by atomic mass is 31.2. The van der Waals surface area contributed by atoms with Crippen molar-refractivity contribution < 1.29 is 47.1 Å². The van der Waals surface area contributed by atoms with Gasteiger partial charge in [0.15, 0.2) is 0 Å². The number of phosphoric ester groups is 1. The Labute approximate surface area is 238 Å². The van der Waals surface area contributed by atoms with Crippen molar-refractivity contribution in [2.75, 3.05) is 0 Å². The fourth-order valence-electron chi connectivity index (χ4n) is 3.65. The zero-order valence-electron chi connectivity index (χ0n) is 26.4. The van der Waals surface area contributed by atoms with E-state index in [-0.39, 0.29) is 22.4 Å².